The summed E-state index contributed by atoms with van der Waals surface area (Å²) in [5.41, 5.74) is 8.62. The number of methoxy groups -OCH3 is 1. The SMILES string of the molecule is COc1cc(F)ccc1C[N+](C)(C)CC(C)C(=O)N(Cc1cc(N)c2c(c1)OCCCO2)CC(C)C. The normalized spacial score (nSPS) is 14.3. The van der Waals surface area contributed by atoms with E-state index in [0.29, 0.717) is 72.7 Å². The maximum absolute atomic E-state index is 13.7. The summed E-state index contributed by atoms with van der Waals surface area (Å²) in [7, 11) is 5.69. The van der Waals surface area contributed by atoms with Gasteiger partial charge in [-0.1, -0.05) is 13.8 Å². The number of nitrogen functional groups attached to an aromatic ring is 1. The fourth-order valence-corrected chi connectivity index (χ4v) is 4.85. The molecule has 36 heavy (non-hydrogen) atoms. The Kier molecular flexibility index (Phi) is 9.06. The van der Waals surface area contributed by atoms with Crippen LogP contribution in [0, 0.1) is 17.7 Å². The number of quaternary nitrogens is 1. The minimum Gasteiger partial charge on any atom is -0.496 e. The third-order valence-corrected chi connectivity index (χ3v) is 6.24. The number of halogens is 1. The molecule has 0 aromatic heterocycles. The first-order valence-corrected chi connectivity index (χ1v) is 12.6. The number of hydrogen-bond donors (Lipinski definition) is 1. The molecule has 2 aromatic rings. The summed E-state index contributed by atoms with van der Waals surface area (Å²) in [4.78, 5) is 15.6. The highest BCUT2D eigenvalue weighted by atomic mass is 19.1. The lowest BCUT2D eigenvalue weighted by Gasteiger charge is -2.35. The first-order chi connectivity index (χ1) is 17.0. The van der Waals surface area contributed by atoms with Gasteiger partial charge in [-0.15, -0.1) is 0 Å². The third kappa shape index (κ3) is 7.26. The number of anilines is 1. The van der Waals surface area contributed by atoms with Crippen molar-refractivity contribution in [2.45, 2.75) is 40.3 Å². The van der Waals surface area contributed by atoms with Gasteiger partial charge in [0.15, 0.2) is 11.5 Å². The van der Waals surface area contributed by atoms with Crippen LogP contribution in [-0.4, -0.2) is 62.8 Å². The standard InChI is InChI=1S/C28H41FN3O4/c1-19(2)15-31(16-21-12-24(30)27-26(13-21)35-10-7-11-36-27)28(33)20(3)17-32(4,5)18-22-8-9-23(29)14-25(22)34-6/h8-9,12-14,19-20H,7,10-11,15-18,30H2,1-6H3/q+1. The van der Waals surface area contributed by atoms with Gasteiger partial charge in [-0.25, -0.2) is 4.39 Å². The van der Waals surface area contributed by atoms with Gasteiger partial charge in [0.25, 0.3) is 0 Å². The molecular formula is C28H41FN3O4+. The van der Waals surface area contributed by atoms with Crippen molar-refractivity contribution in [1.29, 1.82) is 0 Å². The monoisotopic (exact) mass is 502 g/mol. The van der Waals surface area contributed by atoms with E-state index in [-0.39, 0.29) is 17.6 Å². The van der Waals surface area contributed by atoms with Crippen LogP contribution in [0.2, 0.25) is 0 Å². The Bertz CT molecular complexity index is 1060. The number of hydrogen-bond acceptors (Lipinski definition) is 5. The molecule has 0 saturated carbocycles. The van der Waals surface area contributed by atoms with E-state index in [1.54, 1.807) is 13.2 Å². The van der Waals surface area contributed by atoms with Crippen LogP contribution < -0.4 is 19.9 Å². The first-order valence-electron chi connectivity index (χ1n) is 12.6. The molecule has 1 aliphatic rings. The maximum Gasteiger partial charge on any atom is 0.231 e. The number of fused-ring (bicyclic) bond motifs is 1. The van der Waals surface area contributed by atoms with Crippen LogP contribution in [0.5, 0.6) is 17.2 Å². The predicted octanol–water partition coefficient (Wildman–Crippen LogP) is 4.48. The quantitative estimate of drug-likeness (QED) is 0.383. The first kappa shape index (κ1) is 27.6. The molecule has 2 N–H and O–H groups in total. The van der Waals surface area contributed by atoms with Crippen molar-refractivity contribution in [3.05, 3.63) is 47.3 Å². The number of carbonyl (C=O) groups excluding carboxylic acids is 1. The molecule has 198 valence electrons. The molecule has 0 fully saturated rings. The predicted molar refractivity (Wildman–Crippen MR) is 140 cm³/mol. The number of carbonyl (C=O) groups is 1. The lowest BCUT2D eigenvalue weighted by atomic mass is 10.0. The Balaban J connectivity index is 1.75. The topological polar surface area (TPSA) is 74.0 Å². The average molecular weight is 503 g/mol. The van der Waals surface area contributed by atoms with Crippen molar-refractivity contribution in [2.24, 2.45) is 11.8 Å². The number of nitrogens with zero attached hydrogens (tertiary/aromatic N) is 2. The third-order valence-electron chi connectivity index (χ3n) is 6.24. The molecule has 0 bridgehead atoms. The van der Waals surface area contributed by atoms with Crippen LogP contribution in [-0.2, 0) is 17.9 Å². The van der Waals surface area contributed by atoms with Crippen molar-refractivity contribution < 1.29 is 27.9 Å². The second-order valence-corrected chi connectivity index (χ2v) is 10.8. The average Bonchev–Trinajstić information content (AvgIpc) is 3.04. The summed E-state index contributed by atoms with van der Waals surface area (Å²) >= 11 is 0. The highest BCUT2D eigenvalue weighted by Gasteiger charge is 2.29. The van der Waals surface area contributed by atoms with Crippen molar-refractivity contribution in [3.8, 4) is 17.2 Å². The van der Waals surface area contributed by atoms with Crippen LogP contribution in [0.4, 0.5) is 10.1 Å². The Hall–Kier alpha value is -3.00. The largest absolute Gasteiger partial charge is 0.496 e. The molecule has 1 amide bonds. The summed E-state index contributed by atoms with van der Waals surface area (Å²) in [6.45, 7) is 9.65. The molecule has 7 nitrogen and oxygen atoms in total. The lowest BCUT2D eigenvalue weighted by molar-refractivity contribution is -0.905. The van der Waals surface area contributed by atoms with Gasteiger partial charge in [-0.05, 0) is 42.7 Å². The van der Waals surface area contributed by atoms with Gasteiger partial charge in [-0.2, -0.15) is 0 Å². The van der Waals surface area contributed by atoms with Gasteiger partial charge < -0.3 is 29.3 Å². The molecule has 0 spiro atoms. The Morgan fingerprint density at radius 1 is 1.17 bits per heavy atom. The Morgan fingerprint density at radius 2 is 1.89 bits per heavy atom. The van der Waals surface area contributed by atoms with Gasteiger partial charge in [0.05, 0.1) is 52.6 Å². The van der Waals surface area contributed by atoms with E-state index in [2.05, 4.69) is 27.9 Å². The highest BCUT2D eigenvalue weighted by molar-refractivity contribution is 5.78. The zero-order valence-corrected chi connectivity index (χ0v) is 22.5. The van der Waals surface area contributed by atoms with Gasteiger partial charge in [-0.3, -0.25) is 4.79 Å². The van der Waals surface area contributed by atoms with Gasteiger partial charge in [0.1, 0.15) is 18.1 Å². The van der Waals surface area contributed by atoms with E-state index in [1.807, 2.05) is 24.0 Å². The molecule has 0 radical (unpaired) electrons. The van der Waals surface area contributed by atoms with E-state index in [9.17, 15) is 9.18 Å². The van der Waals surface area contributed by atoms with Crippen LogP contribution in [0.25, 0.3) is 0 Å². The van der Waals surface area contributed by atoms with Gasteiger partial charge in [0.2, 0.25) is 5.91 Å². The summed E-state index contributed by atoms with van der Waals surface area (Å²) < 4.78 is 31.2. The number of rotatable bonds is 10. The van der Waals surface area contributed by atoms with Gasteiger partial charge >= 0.3 is 0 Å². The van der Waals surface area contributed by atoms with E-state index in [0.717, 1.165) is 17.5 Å². The van der Waals surface area contributed by atoms with E-state index < -0.39 is 0 Å². The molecule has 0 aliphatic carbocycles. The van der Waals surface area contributed by atoms with E-state index in [1.165, 1.54) is 12.1 Å². The second-order valence-electron chi connectivity index (χ2n) is 10.8. The summed E-state index contributed by atoms with van der Waals surface area (Å²) in [5, 5.41) is 0. The highest BCUT2D eigenvalue weighted by Crippen LogP contribution is 2.37. The van der Waals surface area contributed by atoms with Crippen LogP contribution >= 0.6 is 0 Å². The summed E-state index contributed by atoms with van der Waals surface area (Å²) in [6.07, 6.45) is 0.802. The van der Waals surface area contributed by atoms with Crippen LogP contribution in [0.3, 0.4) is 0 Å². The second kappa shape index (κ2) is 11.8. The van der Waals surface area contributed by atoms with Gasteiger partial charge in [0, 0.05) is 31.1 Å². The minimum atomic E-state index is -0.329. The molecule has 1 aliphatic heterocycles. The molecule has 8 heteroatoms. The number of nitrogens with two attached hydrogens (primary N) is 1. The molecule has 1 unspecified atom stereocenters. The van der Waals surface area contributed by atoms with Crippen LogP contribution in [0.1, 0.15) is 38.3 Å². The molecule has 3 rings (SSSR count). The zero-order chi connectivity index (χ0) is 26.5. The molecule has 1 atom stereocenters. The maximum atomic E-state index is 13.7. The number of benzene rings is 2. The van der Waals surface area contributed by atoms with Crippen molar-refractivity contribution >= 4 is 11.6 Å². The minimum absolute atomic E-state index is 0.0895. The fourth-order valence-electron chi connectivity index (χ4n) is 4.85. The molecular weight excluding hydrogens is 461 g/mol. The molecule has 1 heterocycles. The number of amides is 1. The van der Waals surface area contributed by atoms with Crippen molar-refractivity contribution in [2.75, 3.05) is 53.2 Å². The van der Waals surface area contributed by atoms with Crippen molar-refractivity contribution in [1.82, 2.24) is 4.90 Å². The van der Waals surface area contributed by atoms with Crippen LogP contribution in [0.15, 0.2) is 30.3 Å². The fraction of sp³-hybridized carbons (Fsp3) is 0.536. The zero-order valence-electron chi connectivity index (χ0n) is 22.5. The summed E-state index contributed by atoms with van der Waals surface area (Å²) in [5.74, 6) is 1.59. The van der Waals surface area contributed by atoms with E-state index in [4.69, 9.17) is 19.9 Å². The Labute approximate surface area is 214 Å². The lowest BCUT2D eigenvalue weighted by Crippen LogP contribution is -2.47. The molecule has 0 saturated heterocycles. The Morgan fingerprint density at radius 3 is 2.58 bits per heavy atom. The van der Waals surface area contributed by atoms with Crippen molar-refractivity contribution in [3.63, 3.8) is 0 Å². The molecule has 2 aromatic carbocycles. The number of ether oxygens (including phenoxy) is 3. The van der Waals surface area contributed by atoms with E-state index >= 15 is 0 Å². The summed E-state index contributed by atoms with van der Waals surface area (Å²) in [6, 6.07) is 8.40. The smallest absolute Gasteiger partial charge is 0.231 e.